The molecule has 11 heteroatoms. The zero-order valence-electron chi connectivity index (χ0n) is 16.7. The van der Waals surface area contributed by atoms with E-state index in [1.54, 1.807) is 24.0 Å². The second kappa shape index (κ2) is 8.86. The van der Waals surface area contributed by atoms with E-state index in [9.17, 15) is 18.0 Å². The van der Waals surface area contributed by atoms with Gasteiger partial charge in [0.2, 0.25) is 0 Å². The quantitative estimate of drug-likeness (QED) is 0.315. The largest absolute Gasteiger partial charge is 0.489 e. The highest BCUT2D eigenvalue weighted by Gasteiger charge is 2.35. The molecule has 0 aliphatic carbocycles. The number of H-pyrrole nitrogens is 1. The van der Waals surface area contributed by atoms with E-state index in [2.05, 4.69) is 20.4 Å². The first-order valence-corrected chi connectivity index (χ1v) is 9.05. The van der Waals surface area contributed by atoms with Crippen LogP contribution in [0.4, 0.5) is 24.7 Å². The van der Waals surface area contributed by atoms with Crippen molar-refractivity contribution in [3.8, 4) is 5.75 Å². The van der Waals surface area contributed by atoms with Gasteiger partial charge < -0.3 is 15.8 Å². The van der Waals surface area contributed by atoms with E-state index in [1.807, 2.05) is 0 Å². The van der Waals surface area contributed by atoms with Crippen LogP contribution >= 0.6 is 0 Å². The lowest BCUT2D eigenvalue weighted by Crippen LogP contribution is -2.30. The standard InChI is InChI=1S/C20H19F3N6O2/c1-25-17(19(30)27-16-7-9-29(2)28-16)14-10-13(5-6-15(14)24)31-11-12-4-3-8-26-18(12)20(21,22)23/h3-10H,11H2,1-2H3,(H3,24,25,27,28,30)/p+1. The summed E-state index contributed by atoms with van der Waals surface area (Å²) in [5, 5.41) is 5.56. The number of aliphatic imine (C=N–C) groups is 1. The fourth-order valence-electron chi connectivity index (χ4n) is 2.85. The molecule has 2 heterocycles. The number of pyridine rings is 1. The third-order valence-electron chi connectivity index (χ3n) is 4.28. The molecule has 0 aliphatic heterocycles. The number of nitrogen functional groups attached to an aromatic ring is 1. The van der Waals surface area contributed by atoms with Crippen molar-refractivity contribution in [2.45, 2.75) is 12.8 Å². The van der Waals surface area contributed by atoms with Crippen LogP contribution in [0.2, 0.25) is 0 Å². The smallest absolute Gasteiger partial charge is 0.433 e. The number of amides is 1. The number of nitrogens with two attached hydrogens (primary N) is 1. The van der Waals surface area contributed by atoms with Crippen LogP contribution in [0.25, 0.3) is 0 Å². The van der Waals surface area contributed by atoms with Gasteiger partial charge in [0, 0.05) is 30.1 Å². The number of aromatic amines is 1. The zero-order chi connectivity index (χ0) is 22.6. The minimum Gasteiger partial charge on any atom is -0.489 e. The lowest BCUT2D eigenvalue weighted by atomic mass is 10.1. The third kappa shape index (κ3) is 5.18. The predicted molar refractivity (Wildman–Crippen MR) is 107 cm³/mol. The molecule has 0 saturated carbocycles. The molecule has 3 rings (SSSR count). The Balaban J connectivity index is 1.81. The van der Waals surface area contributed by atoms with Gasteiger partial charge in [0.25, 0.3) is 5.91 Å². The summed E-state index contributed by atoms with van der Waals surface area (Å²) >= 11 is 0. The Bertz CT molecular complexity index is 1120. The van der Waals surface area contributed by atoms with Crippen molar-refractivity contribution in [1.82, 2.24) is 10.1 Å². The molecular formula is C20H20F3N6O2+. The molecule has 1 aromatic carbocycles. The van der Waals surface area contributed by atoms with Crippen LogP contribution in [0.3, 0.4) is 0 Å². The number of rotatable bonds is 6. The van der Waals surface area contributed by atoms with E-state index in [4.69, 9.17) is 10.5 Å². The highest BCUT2D eigenvalue weighted by Crippen LogP contribution is 2.31. The molecule has 4 N–H and O–H groups in total. The molecular weight excluding hydrogens is 413 g/mol. The van der Waals surface area contributed by atoms with Crippen LogP contribution < -0.4 is 20.5 Å². The number of ether oxygens (including phenoxy) is 1. The van der Waals surface area contributed by atoms with Crippen molar-refractivity contribution < 1.29 is 27.4 Å². The highest BCUT2D eigenvalue weighted by molar-refractivity contribution is 6.49. The Labute approximate surface area is 175 Å². The molecule has 1 amide bonds. The van der Waals surface area contributed by atoms with Gasteiger partial charge >= 0.3 is 6.18 Å². The molecule has 0 fully saturated rings. The number of halogens is 3. The van der Waals surface area contributed by atoms with E-state index >= 15 is 0 Å². The number of aryl methyl sites for hydroxylation is 1. The first-order chi connectivity index (χ1) is 14.7. The molecule has 0 saturated heterocycles. The number of benzene rings is 1. The normalized spacial score (nSPS) is 12.0. The van der Waals surface area contributed by atoms with Crippen LogP contribution in [0.5, 0.6) is 5.75 Å². The molecule has 162 valence electrons. The second-order valence-electron chi connectivity index (χ2n) is 6.53. The van der Waals surface area contributed by atoms with Crippen molar-refractivity contribution >= 4 is 23.1 Å². The summed E-state index contributed by atoms with van der Waals surface area (Å²) in [6, 6.07) is 8.80. The van der Waals surface area contributed by atoms with Gasteiger partial charge in [-0.25, -0.2) is 0 Å². The topological polar surface area (TPSA) is 109 Å². The van der Waals surface area contributed by atoms with Gasteiger partial charge in [-0.05, 0) is 24.3 Å². The molecule has 2 aromatic heterocycles. The number of nitrogens with one attached hydrogen (secondary N) is 2. The van der Waals surface area contributed by atoms with Crippen LogP contribution in [0.1, 0.15) is 16.8 Å². The molecule has 0 aliphatic rings. The number of carbonyl (C=O) groups excluding carboxylic acids is 1. The van der Waals surface area contributed by atoms with Crippen molar-refractivity contribution in [3.05, 3.63) is 65.6 Å². The third-order valence-corrected chi connectivity index (χ3v) is 4.28. The summed E-state index contributed by atoms with van der Waals surface area (Å²) < 4.78 is 46.5. The SMILES string of the molecule is CN=C(C(=O)Nc1cc[n+](C)[nH]1)c1cc(OCc2cccnc2C(F)(F)F)ccc1N. The number of aromatic nitrogens is 3. The highest BCUT2D eigenvalue weighted by atomic mass is 19.4. The lowest BCUT2D eigenvalue weighted by molar-refractivity contribution is -0.725. The van der Waals surface area contributed by atoms with Crippen LogP contribution in [-0.4, -0.2) is 28.7 Å². The van der Waals surface area contributed by atoms with E-state index in [0.29, 0.717) is 5.82 Å². The molecule has 3 aromatic rings. The Morgan fingerprint density at radius 2 is 2.10 bits per heavy atom. The Kier molecular flexibility index (Phi) is 6.23. The van der Waals surface area contributed by atoms with Gasteiger partial charge in [-0.1, -0.05) is 6.07 Å². The molecule has 0 radical (unpaired) electrons. The van der Waals surface area contributed by atoms with Gasteiger partial charge in [-0.15, -0.1) is 9.78 Å². The fourth-order valence-corrected chi connectivity index (χ4v) is 2.85. The molecule has 0 unspecified atom stereocenters. The number of hydrogen-bond donors (Lipinski definition) is 3. The van der Waals surface area contributed by atoms with E-state index in [1.165, 1.54) is 37.4 Å². The van der Waals surface area contributed by atoms with Gasteiger partial charge in [-0.2, -0.15) is 13.2 Å². The maximum absolute atomic E-state index is 13.1. The van der Waals surface area contributed by atoms with Crippen LogP contribution in [0, 0.1) is 0 Å². The average molecular weight is 433 g/mol. The summed E-state index contributed by atoms with van der Waals surface area (Å²) in [5.41, 5.74) is 5.46. The van der Waals surface area contributed by atoms with Gasteiger partial charge in [0.05, 0.1) is 6.07 Å². The summed E-state index contributed by atoms with van der Waals surface area (Å²) in [5.74, 6) is 0.165. The average Bonchev–Trinajstić information content (AvgIpc) is 3.13. The van der Waals surface area contributed by atoms with Gasteiger partial charge in [-0.3, -0.25) is 14.8 Å². The van der Waals surface area contributed by atoms with Crippen molar-refractivity contribution in [1.29, 1.82) is 0 Å². The van der Waals surface area contributed by atoms with Crippen LogP contribution in [0.15, 0.2) is 53.8 Å². The predicted octanol–water partition coefficient (Wildman–Crippen LogP) is 2.47. The maximum atomic E-state index is 13.1. The van der Waals surface area contributed by atoms with Crippen molar-refractivity contribution in [3.63, 3.8) is 0 Å². The molecule has 8 nitrogen and oxygen atoms in total. The second-order valence-corrected chi connectivity index (χ2v) is 6.53. The number of hydrogen-bond acceptors (Lipinski definition) is 5. The number of nitrogens with zero attached hydrogens (tertiary/aromatic N) is 3. The summed E-state index contributed by atoms with van der Waals surface area (Å²) in [7, 11) is 3.19. The first kappa shape index (κ1) is 21.8. The van der Waals surface area contributed by atoms with Crippen LogP contribution in [-0.2, 0) is 24.6 Å². The van der Waals surface area contributed by atoms with E-state index in [-0.39, 0.29) is 34.9 Å². The summed E-state index contributed by atoms with van der Waals surface area (Å²) in [4.78, 5) is 20.1. The number of alkyl halides is 3. The van der Waals surface area contributed by atoms with Crippen molar-refractivity contribution in [2.75, 3.05) is 18.1 Å². The molecule has 0 bridgehead atoms. The molecule has 31 heavy (non-hydrogen) atoms. The minimum absolute atomic E-state index is 0.0394. The lowest BCUT2D eigenvalue weighted by Gasteiger charge is -2.14. The monoisotopic (exact) mass is 433 g/mol. The Hall–Kier alpha value is -3.89. The van der Waals surface area contributed by atoms with Crippen molar-refractivity contribution in [2.24, 2.45) is 12.0 Å². The molecule has 0 atom stereocenters. The Morgan fingerprint density at radius 1 is 1.32 bits per heavy atom. The number of carbonyl (C=O) groups is 1. The summed E-state index contributed by atoms with van der Waals surface area (Å²) in [6.45, 7) is -0.365. The summed E-state index contributed by atoms with van der Waals surface area (Å²) in [6.07, 6.45) is -1.81. The number of anilines is 2. The van der Waals surface area contributed by atoms with E-state index < -0.39 is 17.8 Å². The van der Waals surface area contributed by atoms with Gasteiger partial charge in [0.15, 0.2) is 24.8 Å². The zero-order valence-corrected chi connectivity index (χ0v) is 16.7. The van der Waals surface area contributed by atoms with E-state index in [0.717, 1.165) is 6.20 Å². The first-order valence-electron chi connectivity index (χ1n) is 9.05. The fraction of sp³-hybridized carbons (Fsp3) is 0.200. The maximum Gasteiger partial charge on any atom is 0.433 e. The minimum atomic E-state index is -4.60. The molecule has 0 spiro atoms. The Morgan fingerprint density at radius 3 is 2.74 bits per heavy atom. The van der Waals surface area contributed by atoms with Gasteiger partial charge in [0.1, 0.15) is 18.1 Å².